The number of ether oxygens (including phenoxy) is 1. The molecule has 0 saturated heterocycles. The van der Waals surface area contributed by atoms with Crippen molar-refractivity contribution >= 4 is 22.3 Å². The Morgan fingerprint density at radius 2 is 1.81 bits per heavy atom. The number of aromatic nitrogens is 2. The molecule has 0 radical (unpaired) electrons. The largest absolute Gasteiger partial charge is 0.494 e. The van der Waals surface area contributed by atoms with E-state index in [1.165, 1.54) is 11.3 Å². The van der Waals surface area contributed by atoms with Crippen molar-refractivity contribution in [1.82, 2.24) is 9.38 Å². The van der Waals surface area contributed by atoms with Crippen LogP contribution in [0.2, 0.25) is 0 Å². The van der Waals surface area contributed by atoms with Gasteiger partial charge in [0.25, 0.3) is 0 Å². The molecule has 0 aliphatic carbocycles. The summed E-state index contributed by atoms with van der Waals surface area (Å²) >= 11 is 1.20. The Bertz CT molecular complexity index is 1110. The molecule has 6 heteroatoms. The summed E-state index contributed by atoms with van der Waals surface area (Å²) in [5, 5.41) is 9.66. The minimum absolute atomic E-state index is 0.296. The Kier molecular flexibility index (Phi) is 4.41. The lowest BCUT2D eigenvalue weighted by atomic mass is 10.1. The molecule has 0 aliphatic heterocycles. The number of aryl methyl sites for hydroxylation is 1. The number of carboxylic acid groups (broad SMARTS) is 1. The van der Waals surface area contributed by atoms with Crippen molar-refractivity contribution in [2.75, 3.05) is 6.61 Å². The molecule has 0 amide bonds. The van der Waals surface area contributed by atoms with Crippen LogP contribution in [-0.4, -0.2) is 27.1 Å². The number of fused-ring (bicyclic) bond motifs is 1. The lowest BCUT2D eigenvalue weighted by Crippen LogP contribution is -1.99. The molecule has 4 aromatic rings. The van der Waals surface area contributed by atoms with Crippen LogP contribution in [0.25, 0.3) is 27.5 Å². The molecular weight excluding hydrogens is 360 g/mol. The number of hydrogen-bond acceptors (Lipinski definition) is 4. The van der Waals surface area contributed by atoms with Gasteiger partial charge in [-0.1, -0.05) is 41.7 Å². The lowest BCUT2D eigenvalue weighted by Gasteiger charge is -2.06. The van der Waals surface area contributed by atoms with Gasteiger partial charge in [0.2, 0.25) is 0 Å². The number of thiazole rings is 1. The van der Waals surface area contributed by atoms with E-state index >= 15 is 0 Å². The smallest absolute Gasteiger partial charge is 0.348 e. The highest BCUT2D eigenvalue weighted by Crippen LogP contribution is 2.36. The van der Waals surface area contributed by atoms with Crippen LogP contribution < -0.4 is 4.74 Å². The summed E-state index contributed by atoms with van der Waals surface area (Å²) in [7, 11) is 0. The van der Waals surface area contributed by atoms with Crippen molar-refractivity contribution < 1.29 is 14.6 Å². The lowest BCUT2D eigenvalue weighted by molar-refractivity contribution is 0.0702. The van der Waals surface area contributed by atoms with Crippen LogP contribution in [0.15, 0.2) is 54.6 Å². The van der Waals surface area contributed by atoms with E-state index in [0.29, 0.717) is 22.1 Å². The normalized spacial score (nSPS) is 11.0. The van der Waals surface area contributed by atoms with Gasteiger partial charge in [-0.25, -0.2) is 9.78 Å². The summed E-state index contributed by atoms with van der Waals surface area (Å²) in [4.78, 5) is 17.5. The summed E-state index contributed by atoms with van der Waals surface area (Å²) in [5.41, 5.74) is 4.27. The monoisotopic (exact) mass is 378 g/mol. The predicted octanol–water partition coefficient (Wildman–Crippen LogP) is 5.14. The molecule has 0 unspecified atom stereocenters. The average molecular weight is 378 g/mol. The Morgan fingerprint density at radius 3 is 2.44 bits per heavy atom. The Hall–Kier alpha value is -3.12. The van der Waals surface area contributed by atoms with Crippen molar-refractivity contribution in [2.24, 2.45) is 0 Å². The molecule has 136 valence electrons. The van der Waals surface area contributed by atoms with Crippen LogP contribution in [0, 0.1) is 6.92 Å². The first-order valence-electron chi connectivity index (χ1n) is 8.64. The minimum atomic E-state index is -0.939. The molecule has 0 bridgehead atoms. The van der Waals surface area contributed by atoms with Crippen molar-refractivity contribution in [2.45, 2.75) is 13.8 Å². The number of aromatic carboxylic acids is 1. The van der Waals surface area contributed by atoms with Crippen molar-refractivity contribution in [3.63, 3.8) is 0 Å². The number of hydrogen-bond donors (Lipinski definition) is 1. The molecular formula is C21H18N2O3S. The quantitative estimate of drug-likeness (QED) is 0.522. The summed E-state index contributed by atoms with van der Waals surface area (Å²) in [6, 6.07) is 17.4. The standard InChI is InChI=1S/C21H18N2O3S/c1-3-26-16-11-9-14(10-12-16)17-13(2)23-18(15-7-5-4-6-8-15)19(20(24)25)27-21(23)22-17/h4-12H,3H2,1-2H3,(H,24,25). The summed E-state index contributed by atoms with van der Waals surface area (Å²) < 4.78 is 7.44. The second-order valence-electron chi connectivity index (χ2n) is 6.07. The zero-order valence-electron chi connectivity index (χ0n) is 15.0. The van der Waals surface area contributed by atoms with E-state index in [-0.39, 0.29) is 0 Å². The first-order valence-corrected chi connectivity index (χ1v) is 9.45. The van der Waals surface area contributed by atoms with Gasteiger partial charge < -0.3 is 9.84 Å². The third-order valence-corrected chi connectivity index (χ3v) is 5.42. The van der Waals surface area contributed by atoms with E-state index in [1.54, 1.807) is 0 Å². The highest BCUT2D eigenvalue weighted by atomic mass is 32.1. The molecule has 1 N–H and O–H groups in total. The number of carbonyl (C=O) groups is 1. The van der Waals surface area contributed by atoms with E-state index in [1.807, 2.05) is 72.8 Å². The van der Waals surface area contributed by atoms with Gasteiger partial charge in [-0.3, -0.25) is 4.40 Å². The third-order valence-electron chi connectivity index (χ3n) is 4.39. The van der Waals surface area contributed by atoms with E-state index in [4.69, 9.17) is 9.72 Å². The van der Waals surface area contributed by atoms with Gasteiger partial charge in [0.15, 0.2) is 4.96 Å². The van der Waals surface area contributed by atoms with Gasteiger partial charge >= 0.3 is 5.97 Å². The zero-order chi connectivity index (χ0) is 19.0. The average Bonchev–Trinajstić information content (AvgIpc) is 3.21. The number of nitrogens with zero attached hydrogens (tertiary/aromatic N) is 2. The second kappa shape index (κ2) is 6.89. The molecule has 5 nitrogen and oxygen atoms in total. The van der Waals surface area contributed by atoms with Crippen LogP contribution in [0.3, 0.4) is 0 Å². The van der Waals surface area contributed by atoms with Crippen LogP contribution >= 0.6 is 11.3 Å². The van der Waals surface area contributed by atoms with Crippen LogP contribution in [0.4, 0.5) is 0 Å². The molecule has 0 atom stereocenters. The van der Waals surface area contributed by atoms with Gasteiger partial charge in [0.05, 0.1) is 18.0 Å². The molecule has 2 heterocycles. The van der Waals surface area contributed by atoms with Gasteiger partial charge in [0, 0.05) is 16.8 Å². The maximum Gasteiger partial charge on any atom is 0.348 e. The zero-order valence-corrected chi connectivity index (χ0v) is 15.8. The van der Waals surface area contributed by atoms with E-state index in [2.05, 4.69) is 0 Å². The predicted molar refractivity (Wildman–Crippen MR) is 107 cm³/mol. The second-order valence-corrected chi connectivity index (χ2v) is 7.05. The SMILES string of the molecule is CCOc1ccc(-c2nc3sc(C(=O)O)c(-c4ccccc4)n3c2C)cc1. The van der Waals surface area contributed by atoms with Crippen molar-refractivity contribution in [3.05, 3.63) is 65.2 Å². The Morgan fingerprint density at radius 1 is 1.11 bits per heavy atom. The summed E-state index contributed by atoms with van der Waals surface area (Å²) in [6.45, 7) is 4.54. The van der Waals surface area contributed by atoms with E-state index in [0.717, 1.165) is 28.3 Å². The van der Waals surface area contributed by atoms with Gasteiger partial charge in [-0.2, -0.15) is 0 Å². The number of benzene rings is 2. The van der Waals surface area contributed by atoms with Crippen LogP contribution in [0.5, 0.6) is 5.75 Å². The number of imidazole rings is 1. The summed E-state index contributed by atoms with van der Waals surface area (Å²) in [5.74, 6) is -0.121. The molecule has 0 fully saturated rings. The topological polar surface area (TPSA) is 63.8 Å². The highest BCUT2D eigenvalue weighted by molar-refractivity contribution is 7.19. The first-order chi connectivity index (χ1) is 13.1. The van der Waals surface area contributed by atoms with E-state index < -0.39 is 5.97 Å². The molecule has 0 aliphatic rings. The number of carboxylic acids is 1. The van der Waals surface area contributed by atoms with Gasteiger partial charge in [-0.15, -0.1) is 0 Å². The van der Waals surface area contributed by atoms with Crippen molar-refractivity contribution in [1.29, 1.82) is 0 Å². The van der Waals surface area contributed by atoms with Gasteiger partial charge in [0.1, 0.15) is 10.6 Å². The molecule has 2 aromatic heterocycles. The molecule has 0 spiro atoms. The maximum atomic E-state index is 11.8. The Labute approximate surface area is 160 Å². The molecule has 27 heavy (non-hydrogen) atoms. The van der Waals surface area contributed by atoms with Gasteiger partial charge in [-0.05, 0) is 38.1 Å². The number of rotatable bonds is 5. The van der Waals surface area contributed by atoms with Crippen molar-refractivity contribution in [3.8, 4) is 28.3 Å². The first kappa shape index (κ1) is 17.3. The minimum Gasteiger partial charge on any atom is -0.494 e. The van der Waals surface area contributed by atoms with Crippen LogP contribution in [-0.2, 0) is 0 Å². The fourth-order valence-electron chi connectivity index (χ4n) is 3.20. The molecule has 4 rings (SSSR count). The Balaban J connectivity index is 1.90. The fraction of sp³-hybridized carbons (Fsp3) is 0.143. The molecule has 0 saturated carbocycles. The van der Waals surface area contributed by atoms with E-state index in [9.17, 15) is 9.90 Å². The highest BCUT2D eigenvalue weighted by Gasteiger charge is 2.24. The third kappa shape index (κ3) is 2.98. The molecule has 2 aromatic carbocycles. The van der Waals surface area contributed by atoms with Crippen LogP contribution in [0.1, 0.15) is 22.3 Å². The fourth-order valence-corrected chi connectivity index (χ4v) is 4.23. The summed E-state index contributed by atoms with van der Waals surface area (Å²) in [6.07, 6.45) is 0. The maximum absolute atomic E-state index is 11.8.